The predicted octanol–water partition coefficient (Wildman–Crippen LogP) is 4.39. The highest BCUT2D eigenvalue weighted by Crippen LogP contribution is 2.40. The number of thiophene rings is 1. The van der Waals surface area contributed by atoms with Crippen molar-refractivity contribution >= 4 is 45.0 Å². The monoisotopic (exact) mass is 347 g/mol. The molecule has 3 aromatic rings. The number of carbonyl (C=O) groups excluding carboxylic acids is 1. The van der Waals surface area contributed by atoms with Crippen LogP contribution in [0.15, 0.2) is 27.6 Å². The van der Waals surface area contributed by atoms with E-state index in [1.165, 1.54) is 24.2 Å². The SMILES string of the molecule is O=C(Cc1csc(-c2ccsc2)n1)Nc1nc(C2CC2)cs1. The molecule has 0 atom stereocenters. The van der Waals surface area contributed by atoms with Crippen molar-refractivity contribution in [2.24, 2.45) is 0 Å². The highest BCUT2D eigenvalue weighted by molar-refractivity contribution is 7.14. The van der Waals surface area contributed by atoms with Crippen LogP contribution in [0, 0.1) is 0 Å². The first-order valence-corrected chi connectivity index (χ1v) is 9.70. The molecule has 7 heteroatoms. The molecule has 0 aliphatic heterocycles. The van der Waals surface area contributed by atoms with Gasteiger partial charge in [0.25, 0.3) is 0 Å². The topological polar surface area (TPSA) is 54.9 Å². The van der Waals surface area contributed by atoms with Crippen LogP contribution < -0.4 is 5.32 Å². The molecule has 0 aromatic carbocycles. The third-order valence-corrected chi connectivity index (χ3v) is 5.82. The number of nitrogens with one attached hydrogen (secondary N) is 1. The normalized spacial score (nSPS) is 14.2. The summed E-state index contributed by atoms with van der Waals surface area (Å²) in [5.74, 6) is 0.562. The van der Waals surface area contributed by atoms with Crippen molar-refractivity contribution in [1.29, 1.82) is 0 Å². The molecule has 112 valence electrons. The molecule has 0 unspecified atom stereocenters. The Morgan fingerprint density at radius 3 is 2.91 bits per heavy atom. The van der Waals surface area contributed by atoms with Gasteiger partial charge in [-0.3, -0.25) is 4.79 Å². The smallest absolute Gasteiger partial charge is 0.232 e. The van der Waals surface area contributed by atoms with E-state index < -0.39 is 0 Å². The molecule has 3 heterocycles. The lowest BCUT2D eigenvalue weighted by molar-refractivity contribution is -0.115. The van der Waals surface area contributed by atoms with Crippen LogP contribution in [0.3, 0.4) is 0 Å². The van der Waals surface area contributed by atoms with Gasteiger partial charge in [0.15, 0.2) is 5.13 Å². The second-order valence-electron chi connectivity index (χ2n) is 5.23. The minimum absolute atomic E-state index is 0.0566. The summed E-state index contributed by atoms with van der Waals surface area (Å²) in [6, 6.07) is 2.04. The molecule has 0 bridgehead atoms. The van der Waals surface area contributed by atoms with Gasteiger partial charge in [0.05, 0.1) is 17.8 Å². The third kappa shape index (κ3) is 3.11. The zero-order valence-electron chi connectivity index (χ0n) is 11.6. The van der Waals surface area contributed by atoms with Gasteiger partial charge in [-0.05, 0) is 24.3 Å². The van der Waals surface area contributed by atoms with Crippen molar-refractivity contribution in [2.45, 2.75) is 25.2 Å². The minimum atomic E-state index is -0.0566. The first kappa shape index (κ1) is 14.0. The summed E-state index contributed by atoms with van der Waals surface area (Å²) in [5, 5.41) is 12.6. The van der Waals surface area contributed by atoms with E-state index >= 15 is 0 Å². The standard InChI is InChI=1S/C15H13N3OS3/c19-13(18-15-17-12(8-22-15)9-1-2-9)5-11-7-21-14(16-11)10-3-4-20-6-10/h3-4,6-9H,1-2,5H2,(H,17,18,19). The summed E-state index contributed by atoms with van der Waals surface area (Å²) in [7, 11) is 0. The third-order valence-electron chi connectivity index (χ3n) is 3.43. The van der Waals surface area contributed by atoms with E-state index in [4.69, 9.17) is 0 Å². The lowest BCUT2D eigenvalue weighted by Gasteiger charge is -1.99. The fourth-order valence-corrected chi connectivity index (χ4v) is 4.49. The Bertz CT molecular complexity index is 787. The fraction of sp³-hybridized carbons (Fsp3) is 0.267. The summed E-state index contributed by atoms with van der Waals surface area (Å²) in [6.07, 6.45) is 2.74. The zero-order valence-corrected chi connectivity index (χ0v) is 14.1. The van der Waals surface area contributed by atoms with Crippen LogP contribution in [0.4, 0.5) is 5.13 Å². The molecule has 0 saturated heterocycles. The average Bonchev–Trinajstić information content (AvgIpc) is 2.95. The molecule has 0 spiro atoms. The maximum Gasteiger partial charge on any atom is 0.232 e. The predicted molar refractivity (Wildman–Crippen MR) is 91.8 cm³/mol. The lowest BCUT2D eigenvalue weighted by atomic mass is 10.3. The number of rotatable bonds is 5. The van der Waals surface area contributed by atoms with E-state index in [9.17, 15) is 4.79 Å². The van der Waals surface area contributed by atoms with Crippen molar-refractivity contribution in [3.63, 3.8) is 0 Å². The largest absolute Gasteiger partial charge is 0.302 e. The Morgan fingerprint density at radius 1 is 1.23 bits per heavy atom. The molecule has 1 aliphatic rings. The summed E-state index contributed by atoms with van der Waals surface area (Å²) in [4.78, 5) is 21.1. The van der Waals surface area contributed by atoms with Gasteiger partial charge in [-0.2, -0.15) is 11.3 Å². The zero-order chi connectivity index (χ0) is 14.9. The summed E-state index contributed by atoms with van der Waals surface area (Å²) >= 11 is 4.72. The number of hydrogen-bond donors (Lipinski definition) is 1. The van der Waals surface area contributed by atoms with Crippen molar-refractivity contribution in [2.75, 3.05) is 5.32 Å². The molecule has 1 N–H and O–H groups in total. The molecule has 22 heavy (non-hydrogen) atoms. The van der Waals surface area contributed by atoms with Crippen LogP contribution in [0.2, 0.25) is 0 Å². The second kappa shape index (κ2) is 5.91. The molecule has 0 radical (unpaired) electrons. The van der Waals surface area contributed by atoms with Gasteiger partial charge in [-0.1, -0.05) is 0 Å². The minimum Gasteiger partial charge on any atom is -0.302 e. The van der Waals surface area contributed by atoms with E-state index in [1.54, 1.807) is 22.7 Å². The molecule has 3 aromatic heterocycles. The summed E-state index contributed by atoms with van der Waals surface area (Å²) in [6.45, 7) is 0. The Balaban J connectivity index is 1.39. The maximum absolute atomic E-state index is 12.1. The number of aromatic nitrogens is 2. The van der Waals surface area contributed by atoms with E-state index in [2.05, 4.69) is 20.7 Å². The number of anilines is 1. The van der Waals surface area contributed by atoms with Gasteiger partial charge in [-0.25, -0.2) is 9.97 Å². The van der Waals surface area contributed by atoms with Crippen LogP contribution in [-0.2, 0) is 11.2 Å². The number of nitrogens with zero attached hydrogens (tertiary/aromatic N) is 2. The second-order valence-corrected chi connectivity index (χ2v) is 7.73. The van der Waals surface area contributed by atoms with Gasteiger partial charge in [-0.15, -0.1) is 22.7 Å². The highest BCUT2D eigenvalue weighted by Gasteiger charge is 2.26. The molecular formula is C15H13N3OS3. The van der Waals surface area contributed by atoms with Gasteiger partial charge in [0.2, 0.25) is 5.91 Å². The van der Waals surface area contributed by atoms with Gasteiger partial charge in [0, 0.05) is 27.6 Å². The van der Waals surface area contributed by atoms with Crippen molar-refractivity contribution < 1.29 is 4.79 Å². The molecule has 4 nitrogen and oxygen atoms in total. The number of amides is 1. The maximum atomic E-state index is 12.1. The molecule has 1 saturated carbocycles. The quantitative estimate of drug-likeness (QED) is 0.745. The lowest BCUT2D eigenvalue weighted by Crippen LogP contribution is -2.14. The molecular weight excluding hydrogens is 334 g/mol. The average molecular weight is 347 g/mol. The van der Waals surface area contributed by atoms with E-state index in [1.807, 2.05) is 22.2 Å². The molecule has 4 rings (SSSR count). The van der Waals surface area contributed by atoms with Crippen LogP contribution in [-0.4, -0.2) is 15.9 Å². The summed E-state index contributed by atoms with van der Waals surface area (Å²) < 4.78 is 0. The van der Waals surface area contributed by atoms with Gasteiger partial charge >= 0.3 is 0 Å². The van der Waals surface area contributed by atoms with Crippen LogP contribution in [0.25, 0.3) is 10.6 Å². The molecule has 1 aliphatic carbocycles. The van der Waals surface area contributed by atoms with Crippen LogP contribution >= 0.6 is 34.0 Å². The summed E-state index contributed by atoms with van der Waals surface area (Å²) in [5.41, 5.74) is 3.05. The Hall–Kier alpha value is -1.57. The molecule has 1 amide bonds. The van der Waals surface area contributed by atoms with E-state index in [-0.39, 0.29) is 5.91 Å². The Kier molecular flexibility index (Phi) is 3.77. The fourth-order valence-electron chi connectivity index (χ4n) is 2.15. The highest BCUT2D eigenvalue weighted by atomic mass is 32.1. The molecule has 1 fully saturated rings. The Morgan fingerprint density at radius 2 is 2.14 bits per heavy atom. The van der Waals surface area contributed by atoms with Crippen molar-refractivity contribution in [3.05, 3.63) is 39.0 Å². The first-order chi connectivity index (χ1) is 10.8. The van der Waals surface area contributed by atoms with Gasteiger partial charge in [0.1, 0.15) is 5.01 Å². The number of hydrogen-bond acceptors (Lipinski definition) is 6. The number of thiazole rings is 2. The first-order valence-electron chi connectivity index (χ1n) is 7.00. The van der Waals surface area contributed by atoms with Gasteiger partial charge < -0.3 is 5.32 Å². The Labute approximate surface area is 139 Å². The van der Waals surface area contributed by atoms with E-state index in [0.29, 0.717) is 17.5 Å². The number of carbonyl (C=O) groups is 1. The van der Waals surface area contributed by atoms with Crippen molar-refractivity contribution in [1.82, 2.24) is 9.97 Å². The van der Waals surface area contributed by atoms with E-state index in [0.717, 1.165) is 22.0 Å². The van der Waals surface area contributed by atoms with Crippen molar-refractivity contribution in [3.8, 4) is 10.6 Å². The van der Waals surface area contributed by atoms with Crippen LogP contribution in [0.5, 0.6) is 0 Å². The van der Waals surface area contributed by atoms with Crippen LogP contribution in [0.1, 0.15) is 30.1 Å².